The van der Waals surface area contributed by atoms with Gasteiger partial charge in [0.25, 0.3) is 5.91 Å². The molecular formula is C24H30BrClN2O3. The van der Waals surface area contributed by atoms with Crippen molar-refractivity contribution in [3.8, 4) is 5.75 Å². The zero-order valence-electron chi connectivity index (χ0n) is 18.3. The smallest absolute Gasteiger partial charge is 0.261 e. The van der Waals surface area contributed by atoms with Crippen LogP contribution < -0.4 is 10.1 Å². The predicted molar refractivity (Wildman–Crippen MR) is 128 cm³/mol. The molecule has 31 heavy (non-hydrogen) atoms. The molecule has 5 nitrogen and oxygen atoms in total. The molecule has 0 fully saturated rings. The summed E-state index contributed by atoms with van der Waals surface area (Å²) >= 11 is 9.48. The van der Waals surface area contributed by atoms with Gasteiger partial charge in [0.15, 0.2) is 6.61 Å². The SMILES string of the molecule is CCCCNC(=O)C(C)N(Cc1ccc(Cl)cc1)C(=O)COc1ccc(CC)cc1Br. The normalized spacial score (nSPS) is 11.6. The molecular weight excluding hydrogens is 480 g/mol. The summed E-state index contributed by atoms with van der Waals surface area (Å²) < 4.78 is 6.57. The minimum absolute atomic E-state index is 0.162. The molecule has 0 saturated carbocycles. The maximum absolute atomic E-state index is 13.1. The Hall–Kier alpha value is -2.05. The largest absolute Gasteiger partial charge is 0.483 e. The molecule has 1 N–H and O–H groups in total. The minimum Gasteiger partial charge on any atom is -0.483 e. The van der Waals surface area contributed by atoms with Crippen molar-refractivity contribution in [2.45, 2.75) is 52.6 Å². The molecule has 168 valence electrons. The maximum Gasteiger partial charge on any atom is 0.261 e. The highest BCUT2D eigenvalue weighted by molar-refractivity contribution is 9.10. The van der Waals surface area contributed by atoms with Crippen LogP contribution in [0.15, 0.2) is 46.9 Å². The van der Waals surface area contributed by atoms with Gasteiger partial charge in [0.05, 0.1) is 4.47 Å². The summed E-state index contributed by atoms with van der Waals surface area (Å²) in [5.41, 5.74) is 2.06. The second-order valence-corrected chi connectivity index (χ2v) is 8.67. The van der Waals surface area contributed by atoms with Crippen molar-refractivity contribution in [3.63, 3.8) is 0 Å². The molecule has 7 heteroatoms. The van der Waals surface area contributed by atoms with E-state index in [9.17, 15) is 9.59 Å². The number of ether oxygens (including phenoxy) is 1. The average molecular weight is 510 g/mol. The first kappa shape index (κ1) is 25.2. The van der Waals surface area contributed by atoms with Gasteiger partial charge in [-0.05, 0) is 71.1 Å². The lowest BCUT2D eigenvalue weighted by Gasteiger charge is -2.29. The van der Waals surface area contributed by atoms with Crippen LogP contribution in [0.5, 0.6) is 5.75 Å². The molecule has 0 aliphatic rings. The van der Waals surface area contributed by atoms with E-state index in [4.69, 9.17) is 16.3 Å². The quantitative estimate of drug-likeness (QED) is 0.414. The van der Waals surface area contributed by atoms with E-state index >= 15 is 0 Å². The number of carbonyl (C=O) groups excluding carboxylic acids is 2. The fourth-order valence-corrected chi connectivity index (χ4v) is 3.68. The Labute approximate surface area is 198 Å². The second-order valence-electron chi connectivity index (χ2n) is 7.38. The minimum atomic E-state index is -0.630. The summed E-state index contributed by atoms with van der Waals surface area (Å²) in [6.45, 7) is 6.60. The van der Waals surface area contributed by atoms with Crippen molar-refractivity contribution < 1.29 is 14.3 Å². The van der Waals surface area contributed by atoms with Crippen LogP contribution in [0.2, 0.25) is 5.02 Å². The Morgan fingerprint density at radius 3 is 2.42 bits per heavy atom. The van der Waals surface area contributed by atoms with Crippen LogP contribution in [-0.2, 0) is 22.6 Å². The molecule has 2 aromatic rings. The standard InChI is InChI=1S/C24H30BrClN2O3/c1-4-6-13-27-24(30)17(3)28(15-19-7-10-20(26)11-8-19)23(29)16-31-22-12-9-18(5-2)14-21(22)25/h7-12,14,17H,4-6,13,15-16H2,1-3H3,(H,27,30). The highest BCUT2D eigenvalue weighted by Crippen LogP contribution is 2.26. The summed E-state index contributed by atoms with van der Waals surface area (Å²) in [6.07, 6.45) is 2.80. The Morgan fingerprint density at radius 1 is 1.13 bits per heavy atom. The van der Waals surface area contributed by atoms with Gasteiger partial charge in [-0.25, -0.2) is 0 Å². The van der Waals surface area contributed by atoms with Gasteiger partial charge in [0.2, 0.25) is 5.91 Å². The van der Waals surface area contributed by atoms with Gasteiger partial charge >= 0.3 is 0 Å². The monoisotopic (exact) mass is 508 g/mol. The van der Waals surface area contributed by atoms with E-state index in [1.165, 1.54) is 5.56 Å². The molecule has 1 atom stereocenters. The number of unbranched alkanes of at least 4 members (excludes halogenated alkanes) is 1. The number of hydrogen-bond acceptors (Lipinski definition) is 3. The van der Waals surface area contributed by atoms with Crippen molar-refractivity contribution in [3.05, 3.63) is 63.1 Å². The van der Waals surface area contributed by atoms with E-state index in [0.29, 0.717) is 17.3 Å². The number of halogens is 2. The van der Waals surface area contributed by atoms with Gasteiger partial charge in [-0.3, -0.25) is 9.59 Å². The first-order valence-corrected chi connectivity index (χ1v) is 11.8. The number of benzene rings is 2. The first-order chi connectivity index (χ1) is 14.8. The molecule has 0 radical (unpaired) electrons. The molecule has 0 bridgehead atoms. The number of nitrogens with zero attached hydrogens (tertiary/aromatic N) is 1. The highest BCUT2D eigenvalue weighted by atomic mass is 79.9. The number of aryl methyl sites for hydroxylation is 1. The molecule has 2 aromatic carbocycles. The maximum atomic E-state index is 13.1. The topological polar surface area (TPSA) is 58.6 Å². The van der Waals surface area contributed by atoms with Crippen LogP contribution in [0.25, 0.3) is 0 Å². The Balaban J connectivity index is 2.12. The third-order valence-corrected chi connectivity index (χ3v) is 5.89. The molecule has 1 unspecified atom stereocenters. The third-order valence-electron chi connectivity index (χ3n) is 5.02. The van der Waals surface area contributed by atoms with Crippen molar-refractivity contribution in [2.75, 3.05) is 13.2 Å². The van der Waals surface area contributed by atoms with E-state index in [2.05, 4.69) is 35.1 Å². The van der Waals surface area contributed by atoms with Crippen LogP contribution in [0.3, 0.4) is 0 Å². The van der Waals surface area contributed by atoms with Crippen molar-refractivity contribution in [2.24, 2.45) is 0 Å². The number of hydrogen-bond donors (Lipinski definition) is 1. The first-order valence-electron chi connectivity index (χ1n) is 10.6. The highest BCUT2D eigenvalue weighted by Gasteiger charge is 2.26. The van der Waals surface area contributed by atoms with Crippen LogP contribution >= 0.6 is 27.5 Å². The number of rotatable bonds is 11. The van der Waals surface area contributed by atoms with E-state index < -0.39 is 6.04 Å². The van der Waals surface area contributed by atoms with E-state index in [1.807, 2.05) is 30.3 Å². The number of carbonyl (C=O) groups is 2. The summed E-state index contributed by atoms with van der Waals surface area (Å²) in [6, 6.07) is 12.4. The van der Waals surface area contributed by atoms with E-state index in [-0.39, 0.29) is 25.0 Å². The molecule has 0 spiro atoms. The molecule has 0 aromatic heterocycles. The van der Waals surface area contributed by atoms with Gasteiger partial charge < -0.3 is 15.0 Å². The molecule has 2 rings (SSSR count). The van der Waals surface area contributed by atoms with Crippen LogP contribution in [0.1, 0.15) is 44.7 Å². The lowest BCUT2D eigenvalue weighted by molar-refractivity contribution is -0.142. The fourth-order valence-electron chi connectivity index (χ4n) is 3.01. The van der Waals surface area contributed by atoms with Crippen molar-refractivity contribution in [1.29, 1.82) is 0 Å². The summed E-state index contributed by atoms with van der Waals surface area (Å²) in [4.78, 5) is 27.3. The van der Waals surface area contributed by atoms with Crippen LogP contribution in [0, 0.1) is 0 Å². The zero-order chi connectivity index (χ0) is 22.8. The lowest BCUT2D eigenvalue weighted by atomic mass is 10.1. The number of amides is 2. The molecule has 0 saturated heterocycles. The van der Waals surface area contributed by atoms with Crippen LogP contribution in [0.4, 0.5) is 0 Å². The molecule has 2 amide bonds. The predicted octanol–water partition coefficient (Wildman–Crippen LogP) is 5.38. The summed E-state index contributed by atoms with van der Waals surface area (Å²) in [5, 5.41) is 3.53. The van der Waals surface area contributed by atoms with Crippen molar-refractivity contribution in [1.82, 2.24) is 10.2 Å². The lowest BCUT2D eigenvalue weighted by Crippen LogP contribution is -2.49. The zero-order valence-corrected chi connectivity index (χ0v) is 20.6. The van der Waals surface area contributed by atoms with Gasteiger partial charge in [-0.15, -0.1) is 0 Å². The average Bonchev–Trinajstić information content (AvgIpc) is 2.77. The van der Waals surface area contributed by atoms with Gasteiger partial charge in [0.1, 0.15) is 11.8 Å². The molecule has 0 heterocycles. The third kappa shape index (κ3) is 7.86. The van der Waals surface area contributed by atoms with E-state index in [1.54, 1.807) is 24.0 Å². The second kappa shape index (κ2) is 12.7. The van der Waals surface area contributed by atoms with E-state index in [0.717, 1.165) is 29.3 Å². The Bertz CT molecular complexity index is 874. The van der Waals surface area contributed by atoms with Crippen molar-refractivity contribution >= 4 is 39.3 Å². The van der Waals surface area contributed by atoms with Gasteiger partial charge in [-0.1, -0.05) is 50.1 Å². The van der Waals surface area contributed by atoms with Gasteiger partial charge in [0, 0.05) is 18.1 Å². The fraction of sp³-hybridized carbons (Fsp3) is 0.417. The van der Waals surface area contributed by atoms with Crippen LogP contribution in [-0.4, -0.2) is 35.9 Å². The molecule has 0 aliphatic heterocycles. The molecule has 0 aliphatic carbocycles. The Kier molecular flexibility index (Phi) is 10.3. The number of nitrogens with one attached hydrogen (secondary N) is 1. The Morgan fingerprint density at radius 2 is 1.81 bits per heavy atom. The summed E-state index contributed by atoms with van der Waals surface area (Å²) in [7, 11) is 0. The summed E-state index contributed by atoms with van der Waals surface area (Å²) in [5.74, 6) is 0.154. The van der Waals surface area contributed by atoms with Gasteiger partial charge in [-0.2, -0.15) is 0 Å².